The molecule has 1 aliphatic heterocycles. The highest BCUT2D eigenvalue weighted by Crippen LogP contribution is 2.21. The number of halogens is 3. The van der Waals surface area contributed by atoms with Gasteiger partial charge >= 0.3 is 6.18 Å². The van der Waals surface area contributed by atoms with Crippen molar-refractivity contribution in [3.8, 4) is 0 Å². The highest BCUT2D eigenvalue weighted by atomic mass is 19.4. The van der Waals surface area contributed by atoms with Gasteiger partial charge in [-0.15, -0.1) is 10.2 Å². The highest BCUT2D eigenvalue weighted by molar-refractivity contribution is 5.04. The van der Waals surface area contributed by atoms with E-state index in [1.807, 2.05) is 4.57 Å². The first-order valence-electron chi connectivity index (χ1n) is 6.81. The predicted octanol–water partition coefficient (Wildman–Crippen LogP) is 1.84. The molecule has 0 spiro atoms. The molecule has 0 fully saturated rings. The van der Waals surface area contributed by atoms with Crippen LogP contribution >= 0.6 is 0 Å². The van der Waals surface area contributed by atoms with E-state index in [0.29, 0.717) is 12.2 Å². The van der Waals surface area contributed by atoms with Gasteiger partial charge in [-0.25, -0.2) is 0 Å². The minimum atomic E-state index is -4.28. The van der Waals surface area contributed by atoms with Gasteiger partial charge < -0.3 is 14.6 Å². The maximum Gasteiger partial charge on any atom is 0.411 e. The zero-order valence-corrected chi connectivity index (χ0v) is 11.4. The van der Waals surface area contributed by atoms with Gasteiger partial charge in [0, 0.05) is 19.5 Å². The Hall–Kier alpha value is -1.15. The van der Waals surface area contributed by atoms with E-state index in [1.54, 1.807) is 0 Å². The summed E-state index contributed by atoms with van der Waals surface area (Å²) in [5.41, 5.74) is 0. The third-order valence-electron chi connectivity index (χ3n) is 3.21. The van der Waals surface area contributed by atoms with Crippen LogP contribution in [0, 0.1) is 0 Å². The Balaban J connectivity index is 1.90. The Morgan fingerprint density at radius 3 is 2.90 bits per heavy atom. The second-order valence-corrected chi connectivity index (χ2v) is 4.84. The molecule has 1 aromatic heterocycles. The maximum atomic E-state index is 12.0. The molecule has 2 heterocycles. The van der Waals surface area contributed by atoms with E-state index in [2.05, 4.69) is 27.2 Å². The van der Waals surface area contributed by atoms with Crippen molar-refractivity contribution in [3.05, 3.63) is 11.6 Å². The Bertz CT molecular complexity index is 433. The molecule has 8 heteroatoms. The van der Waals surface area contributed by atoms with Crippen LogP contribution in [0.15, 0.2) is 0 Å². The van der Waals surface area contributed by atoms with Crippen LogP contribution in [-0.2, 0) is 17.7 Å². The predicted molar refractivity (Wildman–Crippen MR) is 66.3 cm³/mol. The van der Waals surface area contributed by atoms with E-state index in [0.717, 1.165) is 31.8 Å². The molecular weight excluding hydrogens is 273 g/mol. The number of nitrogens with zero attached hydrogens (tertiary/aromatic N) is 3. The minimum Gasteiger partial charge on any atom is -0.372 e. The normalized spacial score (nSPS) is 19.1. The topological polar surface area (TPSA) is 52.0 Å². The fraction of sp³-hybridized carbons (Fsp3) is 0.833. The van der Waals surface area contributed by atoms with Crippen molar-refractivity contribution in [1.82, 2.24) is 20.1 Å². The van der Waals surface area contributed by atoms with Crippen LogP contribution in [0.2, 0.25) is 0 Å². The molecule has 1 aromatic rings. The van der Waals surface area contributed by atoms with E-state index in [9.17, 15) is 13.2 Å². The van der Waals surface area contributed by atoms with Crippen LogP contribution in [0.1, 0.15) is 37.5 Å². The summed E-state index contributed by atoms with van der Waals surface area (Å²) < 4.78 is 42.5. The largest absolute Gasteiger partial charge is 0.411 e. The van der Waals surface area contributed by atoms with Crippen molar-refractivity contribution in [2.24, 2.45) is 0 Å². The summed E-state index contributed by atoms with van der Waals surface area (Å²) in [6.07, 6.45) is -1.92. The highest BCUT2D eigenvalue weighted by Gasteiger charge is 2.28. The molecule has 1 unspecified atom stereocenters. The summed E-state index contributed by atoms with van der Waals surface area (Å²) in [5.74, 6) is 1.58. The smallest absolute Gasteiger partial charge is 0.372 e. The number of ether oxygens (including phenoxy) is 1. The van der Waals surface area contributed by atoms with Gasteiger partial charge in [-0.1, -0.05) is 13.3 Å². The molecule has 1 aliphatic rings. The molecular formula is C12H19F3N4O. The Labute approximate surface area is 115 Å². The number of alkyl halides is 3. The first kappa shape index (κ1) is 15.2. The van der Waals surface area contributed by atoms with Crippen LogP contribution in [0.25, 0.3) is 0 Å². The van der Waals surface area contributed by atoms with Gasteiger partial charge in [-0.2, -0.15) is 13.2 Å². The third-order valence-corrected chi connectivity index (χ3v) is 3.21. The average molecular weight is 292 g/mol. The molecule has 0 aliphatic carbocycles. The molecule has 2 rings (SSSR count). The zero-order valence-electron chi connectivity index (χ0n) is 11.4. The van der Waals surface area contributed by atoms with Gasteiger partial charge in [0.1, 0.15) is 18.3 Å². The van der Waals surface area contributed by atoms with Crippen LogP contribution in [-0.4, -0.2) is 40.7 Å². The average Bonchev–Trinajstić information content (AvgIpc) is 2.78. The number of fused-ring (bicyclic) bond motifs is 1. The lowest BCUT2D eigenvalue weighted by Crippen LogP contribution is -2.34. The monoisotopic (exact) mass is 292 g/mol. The lowest BCUT2D eigenvalue weighted by molar-refractivity contribution is -0.173. The van der Waals surface area contributed by atoms with Crippen molar-refractivity contribution in [2.45, 2.75) is 44.9 Å². The van der Waals surface area contributed by atoms with Crippen molar-refractivity contribution in [2.75, 3.05) is 19.8 Å². The molecule has 114 valence electrons. The van der Waals surface area contributed by atoms with E-state index >= 15 is 0 Å². The minimum absolute atomic E-state index is 0.00349. The van der Waals surface area contributed by atoms with E-state index in [-0.39, 0.29) is 12.6 Å². The lowest BCUT2D eigenvalue weighted by atomic mass is 10.1. The number of aromatic nitrogens is 3. The number of hydrogen-bond donors (Lipinski definition) is 1. The zero-order chi connectivity index (χ0) is 14.6. The molecule has 20 heavy (non-hydrogen) atoms. The van der Waals surface area contributed by atoms with Crippen molar-refractivity contribution in [1.29, 1.82) is 0 Å². The van der Waals surface area contributed by atoms with Crippen molar-refractivity contribution < 1.29 is 17.9 Å². The fourth-order valence-corrected chi connectivity index (χ4v) is 2.35. The molecule has 0 radical (unpaired) electrons. The quantitative estimate of drug-likeness (QED) is 0.813. The van der Waals surface area contributed by atoms with Gasteiger partial charge in [-0.3, -0.25) is 0 Å². The molecule has 0 saturated heterocycles. The number of hydrogen-bond acceptors (Lipinski definition) is 4. The van der Waals surface area contributed by atoms with E-state index in [4.69, 9.17) is 0 Å². The van der Waals surface area contributed by atoms with Crippen LogP contribution < -0.4 is 5.32 Å². The fourth-order valence-electron chi connectivity index (χ4n) is 2.35. The molecule has 1 atom stereocenters. The Kier molecular flexibility index (Phi) is 4.98. The molecule has 1 N–H and O–H groups in total. The van der Waals surface area contributed by atoms with E-state index < -0.39 is 12.8 Å². The molecule has 0 amide bonds. The molecule has 5 nitrogen and oxygen atoms in total. The van der Waals surface area contributed by atoms with Crippen LogP contribution in [0.5, 0.6) is 0 Å². The van der Waals surface area contributed by atoms with Gasteiger partial charge in [0.05, 0.1) is 12.6 Å². The summed E-state index contributed by atoms with van der Waals surface area (Å²) in [5, 5.41) is 11.6. The van der Waals surface area contributed by atoms with E-state index in [1.165, 1.54) is 0 Å². The molecule has 0 aromatic carbocycles. The number of rotatable bonds is 6. The molecule has 0 bridgehead atoms. The lowest BCUT2D eigenvalue weighted by Gasteiger charge is -2.24. The first-order valence-corrected chi connectivity index (χ1v) is 6.81. The second-order valence-electron chi connectivity index (χ2n) is 4.84. The van der Waals surface area contributed by atoms with Crippen LogP contribution in [0.3, 0.4) is 0 Å². The maximum absolute atomic E-state index is 12.0. The van der Waals surface area contributed by atoms with Crippen molar-refractivity contribution in [3.63, 3.8) is 0 Å². The Morgan fingerprint density at radius 2 is 2.20 bits per heavy atom. The van der Waals surface area contributed by atoms with Gasteiger partial charge in [0.25, 0.3) is 0 Å². The summed E-state index contributed by atoms with van der Waals surface area (Å²) in [6.45, 7) is 2.46. The molecule has 0 saturated carbocycles. The standard InChI is InChI=1S/C12H19F3N4O/c1-2-3-9-11-18-17-10(19(11)6-5-16-9)4-7-20-8-12(13,14)15/h9,16H,2-8H2,1H3. The second kappa shape index (κ2) is 6.53. The van der Waals surface area contributed by atoms with Crippen molar-refractivity contribution >= 4 is 0 Å². The third kappa shape index (κ3) is 3.92. The van der Waals surface area contributed by atoms with Gasteiger partial charge in [-0.05, 0) is 6.42 Å². The first-order chi connectivity index (χ1) is 9.51. The van der Waals surface area contributed by atoms with Crippen LogP contribution in [0.4, 0.5) is 13.2 Å². The van der Waals surface area contributed by atoms with Gasteiger partial charge in [0.15, 0.2) is 0 Å². The summed E-state index contributed by atoms with van der Waals surface area (Å²) in [6, 6.07) is 0.186. The summed E-state index contributed by atoms with van der Waals surface area (Å²) in [7, 11) is 0. The number of nitrogens with one attached hydrogen (secondary N) is 1. The van der Waals surface area contributed by atoms with Gasteiger partial charge in [0.2, 0.25) is 0 Å². The SMILES string of the molecule is CCCC1NCCn2c(CCOCC(F)(F)F)nnc21. The summed E-state index contributed by atoms with van der Waals surface area (Å²) >= 11 is 0. The summed E-state index contributed by atoms with van der Waals surface area (Å²) in [4.78, 5) is 0. The Morgan fingerprint density at radius 1 is 1.40 bits per heavy atom.